The number of benzene rings is 2. The zero-order valence-corrected chi connectivity index (χ0v) is 13.5. The number of anilines is 1. The Morgan fingerprint density at radius 1 is 1.24 bits per heavy atom. The van der Waals surface area contributed by atoms with Gasteiger partial charge in [0.25, 0.3) is 0 Å². The van der Waals surface area contributed by atoms with Crippen LogP contribution in [0.4, 0.5) is 5.69 Å². The van der Waals surface area contributed by atoms with E-state index in [4.69, 9.17) is 4.74 Å². The topological polar surface area (TPSA) is 32.7 Å². The van der Waals surface area contributed by atoms with E-state index in [0.717, 1.165) is 23.2 Å². The van der Waals surface area contributed by atoms with Gasteiger partial charge in [0.05, 0.1) is 12.7 Å². The van der Waals surface area contributed by atoms with Crippen LogP contribution in [0.1, 0.15) is 24.2 Å². The predicted molar refractivity (Wildman–Crippen MR) is 87.7 cm³/mol. The predicted octanol–water partition coefficient (Wildman–Crippen LogP) is 4.25. The zero-order chi connectivity index (χ0) is 14.8. The number of nitrogens with zero attached hydrogens (tertiary/aromatic N) is 1. The fourth-order valence-corrected chi connectivity index (χ4v) is 3.14. The second-order valence-corrected chi connectivity index (χ2v) is 6.21. The molecule has 1 N–H and O–H groups in total. The fraction of sp³-hybridized carbons (Fsp3) is 0.294. The molecule has 1 atom stereocenters. The molecule has 3 rings (SSSR count). The highest BCUT2D eigenvalue weighted by Crippen LogP contribution is 2.30. The van der Waals surface area contributed by atoms with Gasteiger partial charge in [-0.05, 0) is 42.3 Å². The smallest absolute Gasteiger partial charge is 0.117 e. The Bertz CT molecular complexity index is 644. The Morgan fingerprint density at radius 3 is 2.90 bits per heavy atom. The number of aromatic hydroxyl groups is 1. The summed E-state index contributed by atoms with van der Waals surface area (Å²) in [6.45, 7) is 4.38. The Balaban J connectivity index is 1.97. The van der Waals surface area contributed by atoms with Gasteiger partial charge in [-0.15, -0.1) is 0 Å². The lowest BCUT2D eigenvalue weighted by Gasteiger charge is -2.30. The maximum Gasteiger partial charge on any atom is 0.117 e. The number of ether oxygens (including phenoxy) is 1. The van der Waals surface area contributed by atoms with Gasteiger partial charge < -0.3 is 14.7 Å². The maximum atomic E-state index is 9.69. The summed E-state index contributed by atoms with van der Waals surface area (Å²) in [7, 11) is 0. The Hall–Kier alpha value is -1.52. The van der Waals surface area contributed by atoms with Gasteiger partial charge in [-0.1, -0.05) is 28.1 Å². The molecule has 2 aromatic carbocycles. The van der Waals surface area contributed by atoms with Crippen molar-refractivity contribution >= 4 is 21.6 Å². The molecule has 21 heavy (non-hydrogen) atoms. The Morgan fingerprint density at radius 2 is 2.10 bits per heavy atom. The van der Waals surface area contributed by atoms with Crippen molar-refractivity contribution in [2.75, 3.05) is 18.1 Å². The lowest BCUT2D eigenvalue weighted by atomic mass is 10.0. The van der Waals surface area contributed by atoms with Crippen molar-refractivity contribution in [3.63, 3.8) is 0 Å². The van der Waals surface area contributed by atoms with Gasteiger partial charge in [0.1, 0.15) is 5.75 Å². The summed E-state index contributed by atoms with van der Waals surface area (Å²) in [4.78, 5) is 2.23. The van der Waals surface area contributed by atoms with Crippen LogP contribution in [0.25, 0.3) is 0 Å². The highest BCUT2D eigenvalue weighted by Gasteiger charge is 2.18. The summed E-state index contributed by atoms with van der Waals surface area (Å²) in [5, 5.41) is 9.69. The molecule has 1 aliphatic heterocycles. The van der Waals surface area contributed by atoms with Crippen LogP contribution in [-0.4, -0.2) is 18.3 Å². The number of hydrogen-bond donors (Lipinski definition) is 1. The van der Waals surface area contributed by atoms with E-state index in [-0.39, 0.29) is 6.10 Å². The molecule has 4 heteroatoms. The summed E-state index contributed by atoms with van der Waals surface area (Å²) in [5.74, 6) is 0.290. The largest absolute Gasteiger partial charge is 0.508 e. The molecule has 0 radical (unpaired) electrons. The zero-order valence-electron chi connectivity index (χ0n) is 11.9. The van der Waals surface area contributed by atoms with Crippen LogP contribution in [0.15, 0.2) is 46.9 Å². The third kappa shape index (κ3) is 3.22. The average Bonchev–Trinajstić information content (AvgIpc) is 2.44. The monoisotopic (exact) mass is 347 g/mol. The molecule has 0 saturated heterocycles. The first-order chi connectivity index (χ1) is 10.1. The standard InChI is InChI=1S/C17H18BrNO2/c1-12-17-6-5-14(18)9-13(17)11-19(7-8-21-12)15-3-2-4-16(20)10-15/h2-6,9-10,12,20H,7-8,11H2,1H3. The number of halogens is 1. The lowest BCUT2D eigenvalue weighted by molar-refractivity contribution is 0.0672. The number of phenols is 1. The molecule has 2 aromatic rings. The number of hydrogen-bond acceptors (Lipinski definition) is 3. The third-order valence-corrected chi connectivity index (χ3v) is 4.32. The van der Waals surface area contributed by atoms with Crippen molar-refractivity contribution < 1.29 is 9.84 Å². The SMILES string of the molecule is CC1OCCN(c2cccc(O)c2)Cc2cc(Br)ccc21. The minimum absolute atomic E-state index is 0.111. The van der Waals surface area contributed by atoms with E-state index >= 15 is 0 Å². The molecule has 110 valence electrons. The molecule has 0 saturated carbocycles. The number of phenolic OH excluding ortho intramolecular Hbond substituents is 1. The molecular formula is C17H18BrNO2. The normalized spacial score (nSPS) is 18.8. The van der Waals surface area contributed by atoms with Crippen LogP contribution >= 0.6 is 15.9 Å². The highest BCUT2D eigenvalue weighted by molar-refractivity contribution is 9.10. The van der Waals surface area contributed by atoms with E-state index < -0.39 is 0 Å². The molecule has 3 nitrogen and oxygen atoms in total. The summed E-state index contributed by atoms with van der Waals surface area (Å²) < 4.78 is 6.99. The molecule has 1 aliphatic rings. The molecule has 0 spiro atoms. The van der Waals surface area contributed by atoms with Crippen LogP contribution in [0.3, 0.4) is 0 Å². The molecule has 1 heterocycles. The summed E-state index contributed by atoms with van der Waals surface area (Å²) in [5.41, 5.74) is 3.49. The first kappa shape index (κ1) is 14.4. The van der Waals surface area contributed by atoms with Gasteiger partial charge >= 0.3 is 0 Å². The molecule has 1 unspecified atom stereocenters. The van der Waals surface area contributed by atoms with Crippen molar-refractivity contribution in [3.8, 4) is 5.75 Å². The van der Waals surface area contributed by atoms with Crippen molar-refractivity contribution in [2.24, 2.45) is 0 Å². The summed E-state index contributed by atoms with van der Waals surface area (Å²) in [6, 6.07) is 13.7. The van der Waals surface area contributed by atoms with E-state index in [1.165, 1.54) is 11.1 Å². The molecule has 0 fully saturated rings. The van der Waals surface area contributed by atoms with Crippen molar-refractivity contribution in [3.05, 3.63) is 58.1 Å². The van der Waals surface area contributed by atoms with Gasteiger partial charge in [-0.25, -0.2) is 0 Å². The van der Waals surface area contributed by atoms with Crippen LogP contribution in [0.5, 0.6) is 5.75 Å². The quantitative estimate of drug-likeness (QED) is 0.836. The number of fused-ring (bicyclic) bond motifs is 1. The van der Waals surface area contributed by atoms with Crippen molar-refractivity contribution in [1.82, 2.24) is 0 Å². The first-order valence-corrected chi connectivity index (χ1v) is 7.87. The van der Waals surface area contributed by atoms with Crippen LogP contribution in [0.2, 0.25) is 0 Å². The van der Waals surface area contributed by atoms with Gasteiger partial charge in [-0.2, -0.15) is 0 Å². The molecule has 0 amide bonds. The third-order valence-electron chi connectivity index (χ3n) is 3.83. The van der Waals surface area contributed by atoms with Gasteiger partial charge in [0.15, 0.2) is 0 Å². The van der Waals surface area contributed by atoms with Gasteiger partial charge in [-0.3, -0.25) is 0 Å². The van der Waals surface area contributed by atoms with Crippen LogP contribution < -0.4 is 4.90 Å². The van der Waals surface area contributed by atoms with E-state index in [0.29, 0.717) is 12.4 Å². The molecule has 0 bridgehead atoms. The minimum Gasteiger partial charge on any atom is -0.508 e. The second-order valence-electron chi connectivity index (χ2n) is 5.30. The average molecular weight is 348 g/mol. The van der Waals surface area contributed by atoms with Gasteiger partial charge in [0.2, 0.25) is 0 Å². The molecular weight excluding hydrogens is 330 g/mol. The van der Waals surface area contributed by atoms with Crippen molar-refractivity contribution in [2.45, 2.75) is 19.6 Å². The maximum absolute atomic E-state index is 9.69. The molecule has 0 aromatic heterocycles. The first-order valence-electron chi connectivity index (χ1n) is 7.07. The van der Waals surface area contributed by atoms with Crippen LogP contribution in [-0.2, 0) is 11.3 Å². The minimum atomic E-state index is 0.111. The lowest BCUT2D eigenvalue weighted by Crippen LogP contribution is -2.30. The van der Waals surface area contributed by atoms with Crippen molar-refractivity contribution in [1.29, 1.82) is 0 Å². The number of rotatable bonds is 1. The van der Waals surface area contributed by atoms with Crippen LogP contribution in [0, 0.1) is 0 Å². The fourth-order valence-electron chi connectivity index (χ4n) is 2.73. The van der Waals surface area contributed by atoms with E-state index in [9.17, 15) is 5.11 Å². The molecule has 0 aliphatic carbocycles. The van der Waals surface area contributed by atoms with E-state index in [2.05, 4.69) is 46.0 Å². The highest BCUT2D eigenvalue weighted by atomic mass is 79.9. The Kier molecular flexibility index (Phi) is 4.17. The van der Waals surface area contributed by atoms with Gasteiger partial charge in [0, 0.05) is 29.3 Å². The van der Waals surface area contributed by atoms with E-state index in [1.54, 1.807) is 12.1 Å². The summed E-state index contributed by atoms with van der Waals surface area (Å²) >= 11 is 3.54. The Labute approximate surface area is 133 Å². The second kappa shape index (κ2) is 6.08. The summed E-state index contributed by atoms with van der Waals surface area (Å²) in [6.07, 6.45) is 0.111. The van der Waals surface area contributed by atoms with E-state index in [1.807, 2.05) is 12.1 Å².